The number of nitrogens with one attached hydrogen (secondary N) is 2. The molecule has 0 radical (unpaired) electrons. The number of ketones is 1. The van der Waals surface area contributed by atoms with Crippen molar-refractivity contribution >= 4 is 11.7 Å². The number of hydrogen-bond donors (Lipinski definition) is 2. The molecular weight excluding hydrogens is 204 g/mol. The Bertz CT molecular complexity index is 217. The van der Waals surface area contributed by atoms with Gasteiger partial charge in [-0.3, -0.25) is 9.59 Å². The van der Waals surface area contributed by atoms with Gasteiger partial charge in [0.1, 0.15) is 5.78 Å². The Morgan fingerprint density at radius 3 is 2.44 bits per heavy atom. The van der Waals surface area contributed by atoms with Crippen LogP contribution in [0.5, 0.6) is 0 Å². The smallest absolute Gasteiger partial charge is 0.219 e. The molecule has 16 heavy (non-hydrogen) atoms. The second-order valence-electron chi connectivity index (χ2n) is 4.05. The first-order chi connectivity index (χ1) is 7.61. The lowest BCUT2D eigenvalue weighted by atomic mass is 10.1. The first-order valence-corrected chi connectivity index (χ1v) is 6.06. The number of carbonyl (C=O) groups is 2. The summed E-state index contributed by atoms with van der Waals surface area (Å²) in [7, 11) is 1.80. The lowest BCUT2D eigenvalue weighted by molar-refractivity contribution is -0.121. The lowest BCUT2D eigenvalue weighted by Gasteiger charge is -2.12. The van der Waals surface area contributed by atoms with Crippen molar-refractivity contribution in [2.75, 3.05) is 13.6 Å². The SMILES string of the molecule is CCCC(=O)NCCCC[C@H](NC)C(C)=O. The first-order valence-electron chi connectivity index (χ1n) is 6.06. The average molecular weight is 228 g/mol. The van der Waals surface area contributed by atoms with Gasteiger partial charge in [-0.2, -0.15) is 0 Å². The summed E-state index contributed by atoms with van der Waals surface area (Å²) in [6, 6.07) is -0.0358. The zero-order valence-electron chi connectivity index (χ0n) is 10.6. The van der Waals surface area contributed by atoms with Gasteiger partial charge >= 0.3 is 0 Å². The Hall–Kier alpha value is -0.900. The summed E-state index contributed by atoms with van der Waals surface area (Å²) in [5.41, 5.74) is 0. The van der Waals surface area contributed by atoms with Crippen molar-refractivity contribution in [1.29, 1.82) is 0 Å². The fourth-order valence-electron chi connectivity index (χ4n) is 1.57. The fraction of sp³-hybridized carbons (Fsp3) is 0.833. The molecule has 0 saturated carbocycles. The Kier molecular flexibility index (Phi) is 8.81. The maximum atomic E-state index is 11.1. The molecule has 0 aromatic heterocycles. The first kappa shape index (κ1) is 15.1. The highest BCUT2D eigenvalue weighted by atomic mass is 16.1. The van der Waals surface area contributed by atoms with E-state index in [4.69, 9.17) is 0 Å². The highest BCUT2D eigenvalue weighted by Crippen LogP contribution is 2.01. The number of unbranched alkanes of at least 4 members (excludes halogenated alkanes) is 1. The number of hydrogen-bond acceptors (Lipinski definition) is 3. The van der Waals surface area contributed by atoms with E-state index < -0.39 is 0 Å². The fourth-order valence-corrected chi connectivity index (χ4v) is 1.57. The monoisotopic (exact) mass is 228 g/mol. The van der Waals surface area contributed by atoms with E-state index in [1.807, 2.05) is 6.92 Å². The van der Waals surface area contributed by atoms with Crippen LogP contribution in [0.15, 0.2) is 0 Å². The van der Waals surface area contributed by atoms with Crippen LogP contribution in [0.3, 0.4) is 0 Å². The number of likely N-dealkylation sites (N-methyl/N-ethyl adjacent to an activating group) is 1. The third-order valence-corrected chi connectivity index (χ3v) is 2.56. The molecule has 0 fully saturated rings. The molecule has 1 amide bonds. The third kappa shape index (κ3) is 7.40. The molecule has 4 heteroatoms. The second-order valence-corrected chi connectivity index (χ2v) is 4.05. The van der Waals surface area contributed by atoms with Crippen LogP contribution in [0.1, 0.15) is 46.0 Å². The summed E-state index contributed by atoms with van der Waals surface area (Å²) >= 11 is 0. The minimum Gasteiger partial charge on any atom is -0.356 e. The molecular formula is C12H24N2O2. The van der Waals surface area contributed by atoms with Crippen LogP contribution in [0.4, 0.5) is 0 Å². The molecule has 4 nitrogen and oxygen atoms in total. The summed E-state index contributed by atoms with van der Waals surface area (Å²) in [4.78, 5) is 22.2. The quantitative estimate of drug-likeness (QED) is 0.584. The van der Waals surface area contributed by atoms with Crippen LogP contribution >= 0.6 is 0 Å². The van der Waals surface area contributed by atoms with Crippen LogP contribution in [0, 0.1) is 0 Å². The van der Waals surface area contributed by atoms with Crippen molar-refractivity contribution in [3.8, 4) is 0 Å². The molecule has 0 spiro atoms. The van der Waals surface area contributed by atoms with Crippen molar-refractivity contribution in [2.24, 2.45) is 0 Å². The lowest BCUT2D eigenvalue weighted by Crippen LogP contribution is -2.32. The molecule has 0 saturated heterocycles. The standard InChI is InChI=1S/C12H24N2O2/c1-4-7-12(16)14-9-6-5-8-11(13-3)10(2)15/h11,13H,4-9H2,1-3H3,(H,14,16)/t11-/m0/s1. The third-order valence-electron chi connectivity index (χ3n) is 2.56. The summed E-state index contributed by atoms with van der Waals surface area (Å²) in [6.07, 6.45) is 4.22. The number of carbonyl (C=O) groups excluding carboxylic acids is 2. The Labute approximate surface area is 98.2 Å². The number of rotatable bonds is 9. The largest absolute Gasteiger partial charge is 0.356 e. The highest BCUT2D eigenvalue weighted by Gasteiger charge is 2.10. The molecule has 1 atom stereocenters. The maximum absolute atomic E-state index is 11.1. The Morgan fingerprint density at radius 1 is 1.25 bits per heavy atom. The zero-order valence-corrected chi connectivity index (χ0v) is 10.6. The average Bonchev–Trinajstić information content (AvgIpc) is 2.23. The van der Waals surface area contributed by atoms with E-state index >= 15 is 0 Å². The van der Waals surface area contributed by atoms with Gasteiger partial charge in [0.15, 0.2) is 0 Å². The van der Waals surface area contributed by atoms with E-state index in [2.05, 4.69) is 10.6 Å². The maximum Gasteiger partial charge on any atom is 0.219 e. The van der Waals surface area contributed by atoms with Crippen LogP contribution in [-0.2, 0) is 9.59 Å². The molecule has 0 aromatic carbocycles. The van der Waals surface area contributed by atoms with Gasteiger partial charge in [0.05, 0.1) is 6.04 Å². The number of Topliss-reactive ketones (excluding diaryl/α,β-unsaturated/α-hetero) is 1. The van der Waals surface area contributed by atoms with Gasteiger partial charge in [0, 0.05) is 13.0 Å². The molecule has 94 valence electrons. The van der Waals surface area contributed by atoms with E-state index in [-0.39, 0.29) is 17.7 Å². The van der Waals surface area contributed by atoms with Gasteiger partial charge in [-0.1, -0.05) is 6.92 Å². The molecule has 0 aliphatic heterocycles. The zero-order chi connectivity index (χ0) is 12.4. The predicted octanol–water partition coefficient (Wildman–Crippen LogP) is 1.25. The van der Waals surface area contributed by atoms with Gasteiger partial charge < -0.3 is 10.6 Å². The molecule has 0 heterocycles. The van der Waals surface area contributed by atoms with Gasteiger partial charge in [-0.25, -0.2) is 0 Å². The minimum absolute atomic E-state index is 0.0358. The van der Waals surface area contributed by atoms with Gasteiger partial charge in [-0.05, 0) is 39.7 Å². The van der Waals surface area contributed by atoms with Gasteiger partial charge in [0.25, 0.3) is 0 Å². The minimum atomic E-state index is -0.0358. The van der Waals surface area contributed by atoms with Crippen molar-refractivity contribution in [1.82, 2.24) is 10.6 Å². The van der Waals surface area contributed by atoms with E-state index in [1.54, 1.807) is 14.0 Å². The molecule has 0 aliphatic carbocycles. The van der Waals surface area contributed by atoms with E-state index in [0.717, 1.165) is 25.7 Å². The summed E-state index contributed by atoms with van der Waals surface area (Å²) in [5, 5.41) is 5.84. The summed E-state index contributed by atoms with van der Waals surface area (Å²) in [5.74, 6) is 0.303. The number of amides is 1. The Morgan fingerprint density at radius 2 is 1.94 bits per heavy atom. The Balaban J connectivity index is 3.45. The van der Waals surface area contributed by atoms with E-state index in [9.17, 15) is 9.59 Å². The highest BCUT2D eigenvalue weighted by molar-refractivity contribution is 5.81. The van der Waals surface area contributed by atoms with Crippen molar-refractivity contribution in [3.05, 3.63) is 0 Å². The van der Waals surface area contributed by atoms with Crippen LogP contribution in [0.25, 0.3) is 0 Å². The van der Waals surface area contributed by atoms with Crippen LogP contribution in [0.2, 0.25) is 0 Å². The van der Waals surface area contributed by atoms with Crippen molar-refractivity contribution in [2.45, 2.75) is 52.0 Å². The van der Waals surface area contributed by atoms with Crippen LogP contribution < -0.4 is 10.6 Å². The molecule has 0 rings (SSSR count). The second kappa shape index (κ2) is 9.33. The van der Waals surface area contributed by atoms with Crippen molar-refractivity contribution in [3.63, 3.8) is 0 Å². The summed E-state index contributed by atoms with van der Waals surface area (Å²) < 4.78 is 0. The molecule has 0 unspecified atom stereocenters. The molecule has 0 aromatic rings. The van der Waals surface area contributed by atoms with Gasteiger partial charge in [-0.15, -0.1) is 0 Å². The molecule has 0 aliphatic rings. The molecule has 2 N–H and O–H groups in total. The van der Waals surface area contributed by atoms with E-state index in [1.165, 1.54) is 0 Å². The predicted molar refractivity (Wildman–Crippen MR) is 65.3 cm³/mol. The van der Waals surface area contributed by atoms with Crippen molar-refractivity contribution < 1.29 is 9.59 Å². The topological polar surface area (TPSA) is 58.2 Å². The summed E-state index contributed by atoms with van der Waals surface area (Å²) in [6.45, 7) is 4.31. The van der Waals surface area contributed by atoms with E-state index in [0.29, 0.717) is 13.0 Å². The normalized spacial score (nSPS) is 12.2. The van der Waals surface area contributed by atoms with Crippen LogP contribution in [-0.4, -0.2) is 31.3 Å². The molecule has 0 bridgehead atoms. The van der Waals surface area contributed by atoms with Gasteiger partial charge in [0.2, 0.25) is 5.91 Å².